The summed E-state index contributed by atoms with van der Waals surface area (Å²) < 4.78 is 6.18. The molecule has 1 nitrogen and oxygen atoms in total. The zero-order chi connectivity index (χ0) is 11.7. The molecule has 0 aromatic rings. The lowest BCUT2D eigenvalue weighted by Crippen LogP contribution is -2.40. The smallest absolute Gasteiger partial charge is 0.192 e. The molecule has 96 valence electrons. The second-order valence-corrected chi connectivity index (χ2v) is 9.72. The maximum atomic E-state index is 6.18. The van der Waals surface area contributed by atoms with Gasteiger partial charge in [0.2, 0.25) is 0 Å². The van der Waals surface area contributed by atoms with Gasteiger partial charge in [-0.15, -0.1) is 0 Å². The van der Waals surface area contributed by atoms with Crippen molar-refractivity contribution in [2.24, 2.45) is 0 Å². The third-order valence-corrected chi connectivity index (χ3v) is 8.70. The van der Waals surface area contributed by atoms with Crippen LogP contribution in [0.1, 0.15) is 65.2 Å². The van der Waals surface area contributed by atoms with Crippen molar-refractivity contribution in [3.63, 3.8) is 0 Å². The predicted molar refractivity (Wildman–Crippen MR) is 74.4 cm³/mol. The van der Waals surface area contributed by atoms with Crippen LogP contribution in [0.2, 0.25) is 18.1 Å². The van der Waals surface area contributed by atoms with E-state index in [2.05, 4.69) is 13.8 Å². The van der Waals surface area contributed by atoms with E-state index in [-0.39, 0.29) is 0 Å². The molecule has 0 spiro atoms. The van der Waals surface area contributed by atoms with Crippen LogP contribution in [0.3, 0.4) is 0 Å². The van der Waals surface area contributed by atoms with Crippen molar-refractivity contribution in [3.8, 4) is 0 Å². The van der Waals surface area contributed by atoms with Crippen molar-refractivity contribution in [3.05, 3.63) is 0 Å². The van der Waals surface area contributed by atoms with E-state index in [9.17, 15) is 0 Å². The normalized spacial score (nSPS) is 25.9. The van der Waals surface area contributed by atoms with Gasteiger partial charge in [0, 0.05) is 6.61 Å². The summed E-state index contributed by atoms with van der Waals surface area (Å²) >= 11 is 0. The molecular weight excluding hydrogens is 212 g/mol. The molecule has 16 heavy (non-hydrogen) atoms. The summed E-state index contributed by atoms with van der Waals surface area (Å²) in [4.78, 5) is 0. The van der Waals surface area contributed by atoms with Crippen LogP contribution in [0, 0.1) is 0 Å². The molecule has 0 aromatic heterocycles. The van der Waals surface area contributed by atoms with Crippen LogP contribution in [0.4, 0.5) is 0 Å². The van der Waals surface area contributed by atoms with E-state index in [0.29, 0.717) is 0 Å². The summed E-state index contributed by atoms with van der Waals surface area (Å²) in [5.74, 6) is 0. The van der Waals surface area contributed by atoms with Crippen LogP contribution in [0.15, 0.2) is 0 Å². The fraction of sp³-hybridized carbons (Fsp3) is 1.00. The summed E-state index contributed by atoms with van der Waals surface area (Å²) in [7, 11) is -1.23. The first kappa shape index (κ1) is 14.2. The highest BCUT2D eigenvalue weighted by molar-refractivity contribution is 6.73. The van der Waals surface area contributed by atoms with Crippen LogP contribution in [0.5, 0.6) is 0 Å². The van der Waals surface area contributed by atoms with Gasteiger partial charge in [-0.05, 0) is 24.6 Å². The Bertz CT molecular complexity index is 164. The molecule has 2 heteroatoms. The van der Waals surface area contributed by atoms with Gasteiger partial charge < -0.3 is 4.43 Å². The van der Waals surface area contributed by atoms with Gasteiger partial charge in [-0.2, -0.15) is 0 Å². The Morgan fingerprint density at radius 2 is 1.69 bits per heavy atom. The molecule has 1 unspecified atom stereocenters. The Labute approximate surface area is 103 Å². The molecule has 0 amide bonds. The number of unbranched alkanes of at least 4 members (excludes halogenated alkanes) is 5. The minimum Gasteiger partial charge on any atom is -0.417 e. The van der Waals surface area contributed by atoms with Gasteiger partial charge in [0.15, 0.2) is 8.32 Å². The van der Waals surface area contributed by atoms with Crippen LogP contribution >= 0.6 is 0 Å². The number of rotatable bonds is 8. The van der Waals surface area contributed by atoms with Crippen molar-refractivity contribution in [2.75, 3.05) is 6.61 Å². The second kappa shape index (κ2) is 8.29. The zero-order valence-corrected chi connectivity index (χ0v) is 12.4. The molecule has 1 fully saturated rings. The number of hydrogen-bond donors (Lipinski definition) is 0. The summed E-state index contributed by atoms with van der Waals surface area (Å²) in [6, 6.07) is 4.23. The molecule has 0 radical (unpaired) electrons. The lowest BCUT2D eigenvalue weighted by atomic mass is 10.1. The SMILES string of the molecule is CCCCCCCC[Si]1(CC)CCCCO1. The standard InChI is InChI=1S/C14H30OSi/c1-3-5-6-7-8-10-13-16(4-2)14-11-9-12-15-16/h3-14H2,1-2H3. The van der Waals surface area contributed by atoms with Crippen LogP contribution < -0.4 is 0 Å². The highest BCUT2D eigenvalue weighted by atomic mass is 28.4. The summed E-state index contributed by atoms with van der Waals surface area (Å²) in [5.41, 5.74) is 0. The maximum Gasteiger partial charge on any atom is 0.192 e. The van der Waals surface area contributed by atoms with Crippen molar-refractivity contribution >= 4 is 8.32 Å². The first-order valence-electron chi connectivity index (χ1n) is 7.47. The molecule has 1 atom stereocenters. The molecule has 0 N–H and O–H groups in total. The van der Waals surface area contributed by atoms with Gasteiger partial charge in [-0.3, -0.25) is 0 Å². The molecule has 1 rings (SSSR count). The highest BCUT2D eigenvalue weighted by Gasteiger charge is 2.33. The van der Waals surface area contributed by atoms with E-state index in [4.69, 9.17) is 4.43 Å². The minimum atomic E-state index is -1.23. The molecular formula is C14H30OSi. The molecule has 0 saturated carbocycles. The summed E-state index contributed by atoms with van der Waals surface area (Å²) in [6.07, 6.45) is 11.3. The van der Waals surface area contributed by atoms with Gasteiger partial charge in [-0.25, -0.2) is 0 Å². The van der Waals surface area contributed by atoms with Gasteiger partial charge in [-0.1, -0.05) is 58.8 Å². The van der Waals surface area contributed by atoms with E-state index < -0.39 is 8.32 Å². The first-order valence-corrected chi connectivity index (χ1v) is 10.00. The number of hydrogen-bond acceptors (Lipinski definition) is 1. The van der Waals surface area contributed by atoms with Crippen LogP contribution in [-0.2, 0) is 4.43 Å². The Morgan fingerprint density at radius 1 is 0.938 bits per heavy atom. The van der Waals surface area contributed by atoms with Crippen molar-refractivity contribution in [2.45, 2.75) is 83.3 Å². The zero-order valence-electron chi connectivity index (χ0n) is 11.4. The van der Waals surface area contributed by atoms with E-state index >= 15 is 0 Å². The Hall–Kier alpha value is 0.177. The van der Waals surface area contributed by atoms with Crippen molar-refractivity contribution in [1.82, 2.24) is 0 Å². The average molecular weight is 242 g/mol. The Kier molecular flexibility index (Phi) is 7.38. The van der Waals surface area contributed by atoms with Gasteiger partial charge in [0.1, 0.15) is 0 Å². The lowest BCUT2D eigenvalue weighted by Gasteiger charge is -2.34. The van der Waals surface area contributed by atoms with E-state index in [0.717, 1.165) is 6.61 Å². The molecule has 0 aromatic carbocycles. The molecule has 1 saturated heterocycles. The molecule has 1 aliphatic heterocycles. The van der Waals surface area contributed by atoms with Gasteiger partial charge >= 0.3 is 0 Å². The largest absolute Gasteiger partial charge is 0.417 e. The van der Waals surface area contributed by atoms with Crippen LogP contribution in [0.25, 0.3) is 0 Å². The third kappa shape index (κ3) is 5.01. The van der Waals surface area contributed by atoms with Crippen LogP contribution in [-0.4, -0.2) is 14.9 Å². The Morgan fingerprint density at radius 3 is 2.31 bits per heavy atom. The summed E-state index contributed by atoms with van der Waals surface area (Å²) in [6.45, 7) is 5.71. The molecule has 0 aliphatic carbocycles. The molecule has 1 aliphatic rings. The predicted octanol–water partition coefficient (Wildman–Crippen LogP) is 5.12. The fourth-order valence-electron chi connectivity index (χ4n) is 2.79. The third-order valence-electron chi connectivity index (χ3n) is 4.07. The van der Waals surface area contributed by atoms with Gasteiger partial charge in [0.05, 0.1) is 0 Å². The topological polar surface area (TPSA) is 9.23 Å². The minimum absolute atomic E-state index is 1.07. The van der Waals surface area contributed by atoms with E-state index in [1.807, 2.05) is 0 Å². The van der Waals surface area contributed by atoms with Crippen molar-refractivity contribution < 1.29 is 4.43 Å². The maximum absolute atomic E-state index is 6.18. The first-order chi connectivity index (χ1) is 7.83. The summed E-state index contributed by atoms with van der Waals surface area (Å²) in [5, 5.41) is 0. The molecule has 1 heterocycles. The fourth-order valence-corrected chi connectivity index (χ4v) is 6.61. The van der Waals surface area contributed by atoms with E-state index in [1.54, 1.807) is 0 Å². The lowest BCUT2D eigenvalue weighted by molar-refractivity contribution is 0.265. The molecule has 0 bridgehead atoms. The quantitative estimate of drug-likeness (QED) is 0.424. The Balaban J connectivity index is 2.08. The average Bonchev–Trinajstić information content (AvgIpc) is 2.35. The highest BCUT2D eigenvalue weighted by Crippen LogP contribution is 2.31. The van der Waals surface area contributed by atoms with E-state index in [1.165, 1.54) is 69.5 Å². The van der Waals surface area contributed by atoms with Gasteiger partial charge in [0.25, 0.3) is 0 Å². The monoisotopic (exact) mass is 242 g/mol. The second-order valence-electron chi connectivity index (χ2n) is 5.36. The van der Waals surface area contributed by atoms with Crippen molar-refractivity contribution in [1.29, 1.82) is 0 Å².